The van der Waals surface area contributed by atoms with E-state index >= 15 is 0 Å². The Bertz CT molecular complexity index is 876. The predicted octanol–water partition coefficient (Wildman–Crippen LogP) is 5.27. The van der Waals surface area contributed by atoms with Gasteiger partial charge in [-0.25, -0.2) is 0 Å². The van der Waals surface area contributed by atoms with Crippen LogP contribution in [0, 0.1) is 0 Å². The van der Waals surface area contributed by atoms with Gasteiger partial charge in [-0.05, 0) is 37.1 Å². The summed E-state index contributed by atoms with van der Waals surface area (Å²) in [5, 5.41) is 1.43. The van der Waals surface area contributed by atoms with Crippen LogP contribution in [-0.2, 0) is 6.42 Å². The summed E-state index contributed by atoms with van der Waals surface area (Å²) in [5.74, 6) is 0.754. The number of benzene rings is 2. The van der Waals surface area contributed by atoms with Crippen LogP contribution in [0.5, 0.6) is 5.75 Å². The summed E-state index contributed by atoms with van der Waals surface area (Å²) in [7, 11) is 1.63. The zero-order valence-corrected chi connectivity index (χ0v) is 15.9. The molecule has 130 valence electrons. The van der Waals surface area contributed by atoms with E-state index in [0.717, 1.165) is 22.3 Å². The zero-order chi connectivity index (χ0) is 17.8. The van der Waals surface area contributed by atoms with E-state index in [1.807, 2.05) is 48.2 Å². The van der Waals surface area contributed by atoms with Crippen LogP contribution >= 0.6 is 22.9 Å². The molecule has 0 unspecified atom stereocenters. The molecule has 0 aliphatic carbocycles. The molecule has 1 amide bonds. The van der Waals surface area contributed by atoms with Gasteiger partial charge in [-0.1, -0.05) is 41.9 Å². The van der Waals surface area contributed by atoms with E-state index in [-0.39, 0.29) is 5.91 Å². The monoisotopic (exact) mass is 373 g/mol. The molecule has 1 heterocycles. The van der Waals surface area contributed by atoms with Crippen molar-refractivity contribution in [2.24, 2.45) is 0 Å². The van der Waals surface area contributed by atoms with Crippen molar-refractivity contribution in [2.45, 2.75) is 13.3 Å². The van der Waals surface area contributed by atoms with E-state index in [1.165, 1.54) is 16.9 Å². The third-order valence-electron chi connectivity index (χ3n) is 4.21. The van der Waals surface area contributed by atoms with Gasteiger partial charge in [0, 0.05) is 23.2 Å². The number of carbonyl (C=O) groups excluding carboxylic acids is 1. The van der Waals surface area contributed by atoms with Gasteiger partial charge >= 0.3 is 0 Å². The van der Waals surface area contributed by atoms with Gasteiger partial charge in [-0.15, -0.1) is 11.3 Å². The van der Waals surface area contributed by atoms with Crippen molar-refractivity contribution in [2.75, 3.05) is 20.2 Å². The predicted molar refractivity (Wildman–Crippen MR) is 105 cm³/mol. The van der Waals surface area contributed by atoms with Gasteiger partial charge in [0.05, 0.1) is 12.1 Å². The molecule has 5 heteroatoms. The number of fused-ring (bicyclic) bond motifs is 1. The van der Waals surface area contributed by atoms with Gasteiger partial charge in [0.2, 0.25) is 0 Å². The minimum absolute atomic E-state index is 0.0106. The van der Waals surface area contributed by atoms with Gasteiger partial charge < -0.3 is 9.64 Å². The highest BCUT2D eigenvalue weighted by Crippen LogP contribution is 2.37. The summed E-state index contributed by atoms with van der Waals surface area (Å²) < 4.78 is 6.22. The zero-order valence-electron chi connectivity index (χ0n) is 14.3. The summed E-state index contributed by atoms with van der Waals surface area (Å²) in [6.07, 6.45) is 0.830. The van der Waals surface area contributed by atoms with Crippen molar-refractivity contribution < 1.29 is 9.53 Å². The van der Waals surface area contributed by atoms with Crippen LogP contribution in [0.15, 0.2) is 48.5 Å². The van der Waals surface area contributed by atoms with E-state index in [4.69, 9.17) is 16.3 Å². The lowest BCUT2D eigenvalue weighted by Gasteiger charge is -2.20. The highest BCUT2D eigenvalue weighted by Gasteiger charge is 2.21. The van der Waals surface area contributed by atoms with Gasteiger partial charge in [0.15, 0.2) is 0 Å². The Morgan fingerprint density at radius 2 is 1.96 bits per heavy atom. The van der Waals surface area contributed by atoms with Crippen molar-refractivity contribution in [3.63, 3.8) is 0 Å². The Hall–Kier alpha value is -2.04. The first-order valence-electron chi connectivity index (χ1n) is 8.23. The highest BCUT2D eigenvalue weighted by molar-refractivity contribution is 7.21. The molecular formula is C20H20ClNO2S. The number of amides is 1. The van der Waals surface area contributed by atoms with Crippen LogP contribution in [0.2, 0.25) is 5.02 Å². The first kappa shape index (κ1) is 17.8. The van der Waals surface area contributed by atoms with Crippen molar-refractivity contribution in [1.82, 2.24) is 4.90 Å². The average molecular weight is 374 g/mol. The Morgan fingerprint density at radius 1 is 1.20 bits per heavy atom. The van der Waals surface area contributed by atoms with E-state index in [9.17, 15) is 4.79 Å². The average Bonchev–Trinajstić information content (AvgIpc) is 2.99. The molecule has 0 saturated heterocycles. The Balaban J connectivity index is 1.82. The topological polar surface area (TPSA) is 29.5 Å². The smallest absolute Gasteiger partial charge is 0.265 e. The summed E-state index contributed by atoms with van der Waals surface area (Å²) in [4.78, 5) is 15.4. The number of halogens is 1. The standard InChI is InChI=1S/C20H20ClNO2S/c1-3-22(12-11-14-7-5-4-6-8-14)20(23)19-18(21)16-10-9-15(24-2)13-17(16)25-19/h4-10,13H,3,11-12H2,1-2H3. The summed E-state index contributed by atoms with van der Waals surface area (Å²) >= 11 is 7.91. The number of carbonyl (C=O) groups is 1. The lowest BCUT2D eigenvalue weighted by Crippen LogP contribution is -2.32. The SMILES string of the molecule is CCN(CCc1ccccc1)C(=O)c1sc2cc(OC)ccc2c1Cl. The minimum Gasteiger partial charge on any atom is -0.497 e. The number of nitrogens with zero attached hydrogens (tertiary/aromatic N) is 1. The molecule has 0 bridgehead atoms. The number of methoxy groups -OCH3 is 1. The third kappa shape index (κ3) is 3.80. The molecule has 0 atom stereocenters. The number of ether oxygens (including phenoxy) is 1. The molecule has 0 aliphatic rings. The molecule has 0 radical (unpaired) electrons. The summed E-state index contributed by atoms with van der Waals surface area (Å²) in [6.45, 7) is 3.32. The van der Waals surface area contributed by atoms with Gasteiger partial charge in [-0.2, -0.15) is 0 Å². The van der Waals surface area contributed by atoms with Crippen molar-refractivity contribution in [1.29, 1.82) is 0 Å². The van der Waals surface area contributed by atoms with Gasteiger partial charge in [0.1, 0.15) is 10.6 Å². The Kier molecular flexibility index (Phi) is 5.61. The number of hydrogen-bond acceptors (Lipinski definition) is 3. The fourth-order valence-electron chi connectivity index (χ4n) is 2.77. The lowest BCUT2D eigenvalue weighted by atomic mass is 10.1. The molecule has 0 N–H and O–H groups in total. The first-order chi connectivity index (χ1) is 12.1. The third-order valence-corrected chi connectivity index (χ3v) is 5.86. The maximum atomic E-state index is 13.0. The van der Waals surface area contributed by atoms with E-state index in [1.54, 1.807) is 7.11 Å². The molecule has 1 aromatic heterocycles. The van der Waals surface area contributed by atoms with Crippen LogP contribution < -0.4 is 4.74 Å². The molecule has 2 aromatic carbocycles. The number of thiophene rings is 1. The van der Waals surface area contributed by atoms with Crippen molar-refractivity contribution in [3.8, 4) is 5.75 Å². The summed E-state index contributed by atoms with van der Waals surface area (Å²) in [6, 6.07) is 15.9. The number of rotatable bonds is 6. The maximum Gasteiger partial charge on any atom is 0.265 e. The first-order valence-corrected chi connectivity index (χ1v) is 9.42. The second kappa shape index (κ2) is 7.89. The maximum absolute atomic E-state index is 13.0. The second-order valence-corrected chi connectivity index (χ2v) is 7.16. The van der Waals surface area contributed by atoms with Crippen LogP contribution in [0.1, 0.15) is 22.2 Å². The van der Waals surface area contributed by atoms with Crippen LogP contribution in [-0.4, -0.2) is 31.0 Å². The molecule has 25 heavy (non-hydrogen) atoms. The van der Waals surface area contributed by atoms with Gasteiger partial charge in [-0.3, -0.25) is 4.79 Å². The van der Waals surface area contributed by atoms with Crippen molar-refractivity contribution in [3.05, 3.63) is 64.0 Å². The van der Waals surface area contributed by atoms with E-state index in [0.29, 0.717) is 23.0 Å². The number of likely N-dealkylation sites (N-methyl/N-ethyl adjacent to an activating group) is 1. The normalized spacial score (nSPS) is 10.8. The fourth-order valence-corrected chi connectivity index (χ4v) is 4.27. The Morgan fingerprint density at radius 3 is 2.64 bits per heavy atom. The van der Waals surface area contributed by atoms with Crippen LogP contribution in [0.25, 0.3) is 10.1 Å². The molecular weight excluding hydrogens is 354 g/mol. The number of hydrogen-bond donors (Lipinski definition) is 0. The summed E-state index contributed by atoms with van der Waals surface area (Å²) in [5.41, 5.74) is 1.22. The molecule has 3 aromatic rings. The molecule has 0 spiro atoms. The lowest BCUT2D eigenvalue weighted by molar-refractivity contribution is 0.0771. The van der Waals surface area contributed by atoms with Gasteiger partial charge in [0.25, 0.3) is 5.91 Å². The minimum atomic E-state index is -0.0106. The van der Waals surface area contributed by atoms with Crippen LogP contribution in [0.4, 0.5) is 0 Å². The second-order valence-electron chi connectivity index (χ2n) is 5.73. The molecule has 3 nitrogen and oxygen atoms in total. The molecule has 0 aliphatic heterocycles. The van der Waals surface area contributed by atoms with Crippen molar-refractivity contribution >= 4 is 38.9 Å². The highest BCUT2D eigenvalue weighted by atomic mass is 35.5. The molecule has 0 fully saturated rings. The molecule has 0 saturated carbocycles. The van der Waals surface area contributed by atoms with Crippen LogP contribution in [0.3, 0.4) is 0 Å². The Labute approximate surface area is 156 Å². The largest absolute Gasteiger partial charge is 0.497 e. The quantitative estimate of drug-likeness (QED) is 0.589. The van der Waals surface area contributed by atoms with E-state index < -0.39 is 0 Å². The van der Waals surface area contributed by atoms with E-state index in [2.05, 4.69) is 12.1 Å². The fraction of sp³-hybridized carbons (Fsp3) is 0.250. The molecule has 3 rings (SSSR count).